The van der Waals surface area contributed by atoms with Crippen LogP contribution >= 0.6 is 22.9 Å². The standard InChI is InChI=1S/C18H13ClN4O3S/c19-14-6-5-11(23(25)26)9-15(14)21-17-16-13(4-1-7-20-16)18(24)22(17)10-12-3-2-8-27-12/h1-9,17,21H,10H2. The van der Waals surface area contributed by atoms with Crippen LogP contribution in [0.15, 0.2) is 54.0 Å². The first-order valence-electron chi connectivity index (χ1n) is 8.03. The van der Waals surface area contributed by atoms with Crippen LogP contribution in [0.2, 0.25) is 5.02 Å². The van der Waals surface area contributed by atoms with Gasteiger partial charge in [-0.15, -0.1) is 11.3 Å². The third-order valence-corrected chi connectivity index (χ3v) is 5.45. The molecule has 27 heavy (non-hydrogen) atoms. The lowest BCUT2D eigenvalue weighted by molar-refractivity contribution is -0.384. The SMILES string of the molecule is O=C1c2cccnc2C(Nc2cc([N+](=O)[O-])ccc2Cl)N1Cc1cccs1. The molecule has 1 unspecified atom stereocenters. The zero-order valence-corrected chi connectivity index (χ0v) is 15.4. The van der Waals surface area contributed by atoms with Crippen molar-refractivity contribution in [2.24, 2.45) is 0 Å². The molecule has 1 amide bonds. The molecule has 1 aliphatic heterocycles. The van der Waals surface area contributed by atoms with Crippen molar-refractivity contribution < 1.29 is 9.72 Å². The normalized spacial score (nSPS) is 15.7. The molecule has 0 aliphatic carbocycles. The lowest BCUT2D eigenvalue weighted by Crippen LogP contribution is -2.31. The summed E-state index contributed by atoms with van der Waals surface area (Å²) in [6.07, 6.45) is 1.04. The van der Waals surface area contributed by atoms with Crippen molar-refractivity contribution in [1.82, 2.24) is 9.88 Å². The van der Waals surface area contributed by atoms with Crippen molar-refractivity contribution >= 4 is 40.2 Å². The second-order valence-corrected chi connectivity index (χ2v) is 7.36. The van der Waals surface area contributed by atoms with Crippen LogP contribution in [0.3, 0.4) is 0 Å². The van der Waals surface area contributed by atoms with E-state index in [-0.39, 0.29) is 11.6 Å². The number of nitro groups is 1. The summed E-state index contributed by atoms with van der Waals surface area (Å²) >= 11 is 7.78. The van der Waals surface area contributed by atoms with Gasteiger partial charge in [0.15, 0.2) is 0 Å². The molecular formula is C18H13ClN4O3S. The van der Waals surface area contributed by atoms with E-state index in [1.807, 2.05) is 17.5 Å². The van der Waals surface area contributed by atoms with Crippen LogP contribution in [-0.4, -0.2) is 20.7 Å². The maximum absolute atomic E-state index is 12.9. The van der Waals surface area contributed by atoms with Crippen LogP contribution in [0, 0.1) is 10.1 Å². The quantitative estimate of drug-likeness (QED) is 0.504. The molecule has 2 aromatic heterocycles. The number of carbonyl (C=O) groups is 1. The number of pyridine rings is 1. The minimum Gasteiger partial charge on any atom is -0.359 e. The number of halogens is 1. The van der Waals surface area contributed by atoms with Crippen molar-refractivity contribution in [3.05, 3.63) is 85.3 Å². The fourth-order valence-electron chi connectivity index (χ4n) is 3.00. The molecule has 0 fully saturated rings. The van der Waals surface area contributed by atoms with Gasteiger partial charge in [-0.3, -0.25) is 19.9 Å². The molecule has 3 aromatic rings. The average molecular weight is 401 g/mol. The fourth-order valence-corrected chi connectivity index (χ4v) is 3.88. The molecule has 0 saturated heterocycles. The topological polar surface area (TPSA) is 88.4 Å². The molecule has 0 bridgehead atoms. The molecule has 0 radical (unpaired) electrons. The van der Waals surface area contributed by atoms with Crippen molar-refractivity contribution in [2.75, 3.05) is 5.32 Å². The molecule has 0 saturated carbocycles. The van der Waals surface area contributed by atoms with Crippen molar-refractivity contribution in [3.8, 4) is 0 Å². The Balaban J connectivity index is 1.73. The van der Waals surface area contributed by atoms with Gasteiger partial charge in [0.05, 0.1) is 33.4 Å². The summed E-state index contributed by atoms with van der Waals surface area (Å²) in [6, 6.07) is 11.5. The average Bonchev–Trinajstić information content (AvgIpc) is 3.26. The zero-order valence-electron chi connectivity index (χ0n) is 13.8. The number of aromatic nitrogens is 1. The Labute approximate surface area is 163 Å². The molecule has 1 aliphatic rings. The van der Waals surface area contributed by atoms with Crippen molar-refractivity contribution in [2.45, 2.75) is 12.7 Å². The number of carbonyl (C=O) groups excluding carboxylic acids is 1. The molecule has 9 heteroatoms. The van der Waals surface area contributed by atoms with E-state index in [0.29, 0.717) is 28.5 Å². The van der Waals surface area contributed by atoms with Crippen LogP contribution < -0.4 is 5.32 Å². The first kappa shape index (κ1) is 17.4. The third kappa shape index (κ3) is 3.24. The third-order valence-electron chi connectivity index (χ3n) is 4.26. The molecule has 1 atom stereocenters. The van der Waals surface area contributed by atoms with Crippen LogP contribution in [0.25, 0.3) is 0 Å². The van der Waals surface area contributed by atoms with Gasteiger partial charge in [0.1, 0.15) is 6.17 Å². The maximum Gasteiger partial charge on any atom is 0.271 e. The number of benzene rings is 1. The van der Waals surface area contributed by atoms with Gasteiger partial charge in [-0.25, -0.2) is 0 Å². The summed E-state index contributed by atoms with van der Waals surface area (Å²) in [5.74, 6) is -0.148. The number of nitro benzene ring substituents is 1. The van der Waals surface area contributed by atoms with Crippen molar-refractivity contribution in [3.63, 3.8) is 0 Å². The Kier molecular flexibility index (Phi) is 4.51. The monoisotopic (exact) mass is 400 g/mol. The second kappa shape index (κ2) is 6.98. The molecule has 3 heterocycles. The number of thiophene rings is 1. The van der Waals surface area contributed by atoms with Gasteiger partial charge in [0.2, 0.25) is 0 Å². The summed E-state index contributed by atoms with van der Waals surface area (Å²) in [4.78, 5) is 30.5. The summed E-state index contributed by atoms with van der Waals surface area (Å²) in [5, 5.41) is 16.5. The van der Waals surface area contributed by atoms with Crippen LogP contribution in [0.1, 0.15) is 27.1 Å². The second-order valence-electron chi connectivity index (χ2n) is 5.92. The maximum atomic E-state index is 12.9. The van der Waals surface area contributed by atoms with Gasteiger partial charge < -0.3 is 10.2 Å². The number of hydrogen-bond donors (Lipinski definition) is 1. The molecule has 7 nitrogen and oxygen atoms in total. The Morgan fingerprint density at radius 3 is 2.89 bits per heavy atom. The highest BCUT2D eigenvalue weighted by Gasteiger charge is 2.38. The minimum absolute atomic E-state index is 0.0859. The Bertz CT molecular complexity index is 1030. The predicted molar refractivity (Wildman–Crippen MR) is 103 cm³/mol. The number of nitrogens with zero attached hydrogens (tertiary/aromatic N) is 3. The van der Waals surface area contributed by atoms with E-state index in [0.717, 1.165) is 4.88 Å². The lowest BCUT2D eigenvalue weighted by atomic mass is 10.2. The van der Waals surface area contributed by atoms with Crippen LogP contribution in [0.4, 0.5) is 11.4 Å². The van der Waals surface area contributed by atoms with Gasteiger partial charge in [-0.2, -0.15) is 0 Å². The summed E-state index contributed by atoms with van der Waals surface area (Å²) in [7, 11) is 0. The summed E-state index contributed by atoms with van der Waals surface area (Å²) < 4.78 is 0. The van der Waals surface area contributed by atoms with Gasteiger partial charge in [0.25, 0.3) is 11.6 Å². The zero-order chi connectivity index (χ0) is 19.0. The number of non-ortho nitro benzene ring substituents is 1. The smallest absolute Gasteiger partial charge is 0.271 e. The van der Waals surface area contributed by atoms with E-state index < -0.39 is 11.1 Å². The highest BCUT2D eigenvalue weighted by molar-refractivity contribution is 7.09. The van der Waals surface area contributed by atoms with E-state index in [2.05, 4.69) is 10.3 Å². The summed E-state index contributed by atoms with van der Waals surface area (Å²) in [5.41, 5.74) is 1.37. The number of amides is 1. The van der Waals surface area contributed by atoms with E-state index in [9.17, 15) is 14.9 Å². The highest BCUT2D eigenvalue weighted by Crippen LogP contribution is 2.37. The largest absolute Gasteiger partial charge is 0.359 e. The van der Waals surface area contributed by atoms with Gasteiger partial charge in [0, 0.05) is 23.2 Å². The van der Waals surface area contributed by atoms with E-state index in [1.165, 1.54) is 18.2 Å². The van der Waals surface area contributed by atoms with Gasteiger partial charge in [-0.1, -0.05) is 17.7 Å². The lowest BCUT2D eigenvalue weighted by Gasteiger charge is -2.26. The van der Waals surface area contributed by atoms with Crippen LogP contribution in [-0.2, 0) is 6.54 Å². The molecule has 4 rings (SSSR count). The van der Waals surface area contributed by atoms with E-state index in [1.54, 1.807) is 34.6 Å². The van der Waals surface area contributed by atoms with Crippen LogP contribution in [0.5, 0.6) is 0 Å². The number of nitrogens with one attached hydrogen (secondary N) is 1. The molecular weight excluding hydrogens is 388 g/mol. The van der Waals surface area contributed by atoms with Crippen molar-refractivity contribution in [1.29, 1.82) is 0 Å². The number of anilines is 1. The Morgan fingerprint density at radius 1 is 1.30 bits per heavy atom. The first-order valence-corrected chi connectivity index (χ1v) is 9.29. The molecule has 136 valence electrons. The van der Waals surface area contributed by atoms with Gasteiger partial charge in [-0.05, 0) is 29.6 Å². The Morgan fingerprint density at radius 2 is 2.15 bits per heavy atom. The predicted octanol–water partition coefficient (Wildman–Crippen LogP) is 4.47. The number of rotatable bonds is 5. The van der Waals surface area contributed by atoms with Gasteiger partial charge >= 0.3 is 0 Å². The Hall–Kier alpha value is -2.97. The molecule has 1 aromatic carbocycles. The molecule has 0 spiro atoms. The first-order chi connectivity index (χ1) is 13.0. The number of fused-ring (bicyclic) bond motifs is 1. The highest BCUT2D eigenvalue weighted by atomic mass is 35.5. The van der Waals surface area contributed by atoms with E-state index >= 15 is 0 Å². The fraction of sp³-hybridized carbons (Fsp3) is 0.111. The minimum atomic E-state index is -0.574. The summed E-state index contributed by atoms with van der Waals surface area (Å²) in [6.45, 7) is 0.400. The number of hydrogen-bond acceptors (Lipinski definition) is 6. The molecule has 1 N–H and O–H groups in total. The van der Waals surface area contributed by atoms with E-state index in [4.69, 9.17) is 11.6 Å².